The maximum absolute atomic E-state index is 13.8. The predicted octanol–water partition coefficient (Wildman–Crippen LogP) is 2.30. The largest absolute Gasteiger partial charge is 0.385 e. The Morgan fingerprint density at radius 3 is 2.83 bits per heavy atom. The molecular weight excluding hydrogens is 231 g/mol. The molecule has 0 radical (unpaired) electrons. The van der Waals surface area contributed by atoms with Gasteiger partial charge in [0.1, 0.15) is 5.82 Å². The van der Waals surface area contributed by atoms with Crippen molar-refractivity contribution in [1.82, 2.24) is 9.88 Å². The SMILES string of the molecule is CC(C)N1CCCC(O)(c2ccncc2F)CC1. The van der Waals surface area contributed by atoms with Gasteiger partial charge in [-0.3, -0.25) is 4.98 Å². The Labute approximate surface area is 108 Å². The summed E-state index contributed by atoms with van der Waals surface area (Å²) in [4.78, 5) is 6.07. The van der Waals surface area contributed by atoms with Crippen molar-refractivity contribution in [2.45, 2.75) is 44.8 Å². The van der Waals surface area contributed by atoms with Crippen molar-refractivity contribution < 1.29 is 9.50 Å². The lowest BCUT2D eigenvalue weighted by molar-refractivity contribution is 0.0169. The van der Waals surface area contributed by atoms with E-state index in [2.05, 4.69) is 23.7 Å². The van der Waals surface area contributed by atoms with Gasteiger partial charge in [0.2, 0.25) is 0 Å². The number of halogens is 1. The molecule has 0 aliphatic carbocycles. The van der Waals surface area contributed by atoms with Gasteiger partial charge in [-0.05, 0) is 45.7 Å². The summed E-state index contributed by atoms with van der Waals surface area (Å²) in [5.41, 5.74) is -0.653. The van der Waals surface area contributed by atoms with Crippen molar-refractivity contribution in [3.05, 3.63) is 29.8 Å². The number of aromatic nitrogens is 1. The lowest BCUT2D eigenvalue weighted by atomic mass is 9.87. The standard InChI is InChI=1S/C14H21FN2O/c1-11(2)17-8-3-5-14(18,6-9-17)12-4-7-16-10-13(12)15/h4,7,10-11,18H,3,5-6,8-9H2,1-2H3. The van der Waals surface area contributed by atoms with Crippen molar-refractivity contribution in [2.75, 3.05) is 13.1 Å². The molecule has 3 nitrogen and oxygen atoms in total. The first-order valence-corrected chi connectivity index (χ1v) is 6.59. The highest BCUT2D eigenvalue weighted by atomic mass is 19.1. The monoisotopic (exact) mass is 252 g/mol. The van der Waals surface area contributed by atoms with Crippen molar-refractivity contribution in [3.8, 4) is 0 Å². The normalized spacial score (nSPS) is 26.3. The molecule has 2 rings (SSSR count). The third kappa shape index (κ3) is 2.70. The zero-order chi connectivity index (χ0) is 13.2. The Hall–Kier alpha value is -1.00. The molecule has 18 heavy (non-hydrogen) atoms. The molecule has 0 aromatic carbocycles. The average Bonchev–Trinajstić information content (AvgIpc) is 2.52. The first kappa shape index (κ1) is 13.4. The molecule has 1 aromatic heterocycles. The summed E-state index contributed by atoms with van der Waals surface area (Å²) in [7, 11) is 0. The summed E-state index contributed by atoms with van der Waals surface area (Å²) in [6.45, 7) is 6.07. The van der Waals surface area contributed by atoms with Crippen LogP contribution in [0.2, 0.25) is 0 Å². The molecule has 1 unspecified atom stereocenters. The van der Waals surface area contributed by atoms with Crippen molar-refractivity contribution in [1.29, 1.82) is 0 Å². The molecule has 0 spiro atoms. The van der Waals surface area contributed by atoms with Crippen molar-refractivity contribution >= 4 is 0 Å². The number of rotatable bonds is 2. The third-order valence-electron chi connectivity index (χ3n) is 3.85. The zero-order valence-electron chi connectivity index (χ0n) is 11.1. The molecule has 4 heteroatoms. The Kier molecular flexibility index (Phi) is 3.97. The van der Waals surface area contributed by atoms with Gasteiger partial charge in [0.05, 0.1) is 11.8 Å². The number of likely N-dealkylation sites (tertiary alicyclic amines) is 1. The highest BCUT2D eigenvalue weighted by Crippen LogP contribution is 2.34. The minimum absolute atomic E-state index is 0.392. The first-order valence-electron chi connectivity index (χ1n) is 6.59. The van der Waals surface area contributed by atoms with Crippen LogP contribution in [0, 0.1) is 5.82 Å². The van der Waals surface area contributed by atoms with E-state index in [1.165, 1.54) is 6.20 Å². The van der Waals surface area contributed by atoms with Crippen LogP contribution in [0.15, 0.2) is 18.5 Å². The summed E-state index contributed by atoms with van der Waals surface area (Å²) in [6.07, 6.45) is 4.79. The Morgan fingerprint density at radius 2 is 2.17 bits per heavy atom. The molecule has 0 saturated carbocycles. The maximum atomic E-state index is 13.8. The van der Waals surface area contributed by atoms with Crippen LogP contribution in [-0.4, -0.2) is 34.1 Å². The van der Waals surface area contributed by atoms with Gasteiger partial charge >= 0.3 is 0 Å². The van der Waals surface area contributed by atoms with Crippen molar-refractivity contribution in [3.63, 3.8) is 0 Å². The van der Waals surface area contributed by atoms with E-state index in [0.29, 0.717) is 24.4 Å². The first-order chi connectivity index (χ1) is 8.53. The summed E-state index contributed by atoms with van der Waals surface area (Å²) < 4.78 is 13.8. The van der Waals surface area contributed by atoms with Crippen LogP contribution in [0.3, 0.4) is 0 Å². The highest BCUT2D eigenvalue weighted by Gasteiger charge is 2.34. The van der Waals surface area contributed by atoms with E-state index in [0.717, 1.165) is 19.5 Å². The van der Waals surface area contributed by atoms with Crippen molar-refractivity contribution in [2.24, 2.45) is 0 Å². The van der Waals surface area contributed by atoms with Gasteiger partial charge < -0.3 is 10.0 Å². The lowest BCUT2D eigenvalue weighted by Crippen LogP contribution is -2.33. The highest BCUT2D eigenvalue weighted by molar-refractivity contribution is 5.21. The number of pyridine rings is 1. The Balaban J connectivity index is 2.19. The van der Waals surface area contributed by atoms with E-state index in [-0.39, 0.29) is 0 Å². The Bertz CT molecular complexity index is 411. The van der Waals surface area contributed by atoms with Crippen LogP contribution in [0.25, 0.3) is 0 Å². The van der Waals surface area contributed by atoms with E-state index in [4.69, 9.17) is 0 Å². The molecule has 100 valence electrons. The van der Waals surface area contributed by atoms with Crippen LogP contribution < -0.4 is 0 Å². The van der Waals surface area contributed by atoms with E-state index in [1.54, 1.807) is 12.3 Å². The minimum Gasteiger partial charge on any atom is -0.385 e. The molecule has 1 aliphatic heterocycles. The Morgan fingerprint density at radius 1 is 1.39 bits per heavy atom. The molecule has 0 bridgehead atoms. The fraction of sp³-hybridized carbons (Fsp3) is 0.643. The second kappa shape index (κ2) is 5.33. The predicted molar refractivity (Wildman–Crippen MR) is 68.7 cm³/mol. The third-order valence-corrected chi connectivity index (χ3v) is 3.85. The summed E-state index contributed by atoms with van der Waals surface area (Å²) in [6, 6.07) is 2.06. The summed E-state index contributed by atoms with van der Waals surface area (Å²) in [5.74, 6) is -0.405. The smallest absolute Gasteiger partial charge is 0.147 e. The quantitative estimate of drug-likeness (QED) is 0.877. The van der Waals surface area contributed by atoms with E-state index < -0.39 is 11.4 Å². The molecule has 1 N–H and O–H groups in total. The van der Waals surface area contributed by atoms with Gasteiger partial charge in [-0.1, -0.05) is 0 Å². The number of hydrogen-bond donors (Lipinski definition) is 1. The van der Waals surface area contributed by atoms with Gasteiger partial charge in [0, 0.05) is 24.3 Å². The molecule has 2 heterocycles. The van der Waals surface area contributed by atoms with E-state index in [1.807, 2.05) is 0 Å². The average molecular weight is 252 g/mol. The topological polar surface area (TPSA) is 36.4 Å². The van der Waals surface area contributed by atoms with Crippen LogP contribution in [0.1, 0.15) is 38.7 Å². The number of hydrogen-bond acceptors (Lipinski definition) is 3. The fourth-order valence-corrected chi connectivity index (χ4v) is 2.68. The summed E-state index contributed by atoms with van der Waals surface area (Å²) in [5, 5.41) is 10.7. The summed E-state index contributed by atoms with van der Waals surface area (Å²) >= 11 is 0. The van der Waals surface area contributed by atoms with Crippen LogP contribution in [0.5, 0.6) is 0 Å². The maximum Gasteiger partial charge on any atom is 0.147 e. The fourth-order valence-electron chi connectivity index (χ4n) is 2.68. The van der Waals surface area contributed by atoms with Crippen LogP contribution >= 0.6 is 0 Å². The van der Waals surface area contributed by atoms with Gasteiger partial charge in [-0.2, -0.15) is 0 Å². The number of nitrogens with zero attached hydrogens (tertiary/aromatic N) is 2. The molecular formula is C14H21FN2O. The molecule has 1 aromatic rings. The van der Waals surface area contributed by atoms with Gasteiger partial charge in [0.15, 0.2) is 0 Å². The second-order valence-corrected chi connectivity index (χ2v) is 5.37. The molecule has 1 saturated heterocycles. The molecule has 0 amide bonds. The van der Waals surface area contributed by atoms with Gasteiger partial charge in [-0.15, -0.1) is 0 Å². The number of aliphatic hydroxyl groups is 1. The van der Waals surface area contributed by atoms with Gasteiger partial charge in [0.25, 0.3) is 0 Å². The second-order valence-electron chi connectivity index (χ2n) is 5.37. The van der Waals surface area contributed by atoms with E-state index >= 15 is 0 Å². The van der Waals surface area contributed by atoms with Crippen LogP contribution in [-0.2, 0) is 5.60 Å². The molecule has 1 fully saturated rings. The molecule has 1 aliphatic rings. The minimum atomic E-state index is -1.04. The lowest BCUT2D eigenvalue weighted by Gasteiger charge is -2.28. The zero-order valence-corrected chi connectivity index (χ0v) is 11.1. The van der Waals surface area contributed by atoms with E-state index in [9.17, 15) is 9.50 Å². The molecule has 1 atom stereocenters. The van der Waals surface area contributed by atoms with Crippen LogP contribution in [0.4, 0.5) is 4.39 Å². The van der Waals surface area contributed by atoms with Gasteiger partial charge in [-0.25, -0.2) is 4.39 Å².